The van der Waals surface area contributed by atoms with Gasteiger partial charge < -0.3 is 4.90 Å². The van der Waals surface area contributed by atoms with Crippen molar-refractivity contribution < 1.29 is 0 Å². The fraction of sp³-hybridized carbons (Fsp3) is 0.0323. The standard InChI is InChI=1S/C31H21NS/c1-3-9-21(10-4-1)23-17-18-29-27(19-23)32(25-14-5-2-6-15-25)28-20-24-13-7-11-22-12-8-16-26(30(22)24)31(28)33-29/h1-15,17-20H,16H2. The van der Waals surface area contributed by atoms with Crippen LogP contribution < -0.4 is 4.90 Å². The second-order valence-electron chi connectivity index (χ2n) is 8.58. The van der Waals surface area contributed by atoms with Gasteiger partial charge in [0, 0.05) is 15.5 Å². The molecule has 5 aromatic rings. The maximum atomic E-state index is 2.45. The predicted octanol–water partition coefficient (Wildman–Crippen LogP) is 9.01. The molecule has 2 aliphatic rings. The minimum Gasteiger partial charge on any atom is -0.308 e. The van der Waals surface area contributed by atoms with Crippen molar-refractivity contribution in [2.75, 3.05) is 4.90 Å². The van der Waals surface area contributed by atoms with E-state index in [9.17, 15) is 0 Å². The maximum absolute atomic E-state index is 2.45. The Labute approximate surface area is 198 Å². The summed E-state index contributed by atoms with van der Waals surface area (Å²) in [4.78, 5) is 5.13. The molecule has 1 aliphatic carbocycles. The lowest BCUT2D eigenvalue weighted by molar-refractivity contribution is 1.12. The van der Waals surface area contributed by atoms with E-state index in [-0.39, 0.29) is 0 Å². The number of rotatable bonds is 2. The Morgan fingerprint density at radius 1 is 0.667 bits per heavy atom. The van der Waals surface area contributed by atoms with E-state index in [2.05, 4.69) is 120 Å². The summed E-state index contributed by atoms with van der Waals surface area (Å²) in [5.74, 6) is 0. The summed E-state index contributed by atoms with van der Waals surface area (Å²) >= 11 is 1.92. The van der Waals surface area contributed by atoms with E-state index in [1.54, 1.807) is 0 Å². The van der Waals surface area contributed by atoms with Crippen molar-refractivity contribution in [2.24, 2.45) is 0 Å². The van der Waals surface area contributed by atoms with Crippen molar-refractivity contribution in [3.8, 4) is 11.1 Å². The first-order valence-electron chi connectivity index (χ1n) is 11.3. The van der Waals surface area contributed by atoms with Crippen LogP contribution in [0.4, 0.5) is 17.1 Å². The summed E-state index contributed by atoms with van der Waals surface area (Å²) in [7, 11) is 0. The van der Waals surface area contributed by atoms with Crippen LogP contribution in [0.25, 0.3) is 28.0 Å². The highest BCUT2D eigenvalue weighted by Gasteiger charge is 2.29. The molecule has 0 saturated carbocycles. The van der Waals surface area contributed by atoms with Crippen molar-refractivity contribution in [3.05, 3.63) is 120 Å². The minimum atomic E-state index is 0.976. The van der Waals surface area contributed by atoms with E-state index in [1.165, 1.54) is 59.9 Å². The molecule has 0 aromatic heterocycles. The van der Waals surface area contributed by atoms with E-state index >= 15 is 0 Å². The number of benzene rings is 5. The fourth-order valence-corrected chi connectivity index (χ4v) is 6.31. The highest BCUT2D eigenvalue weighted by molar-refractivity contribution is 7.99. The van der Waals surface area contributed by atoms with Crippen LogP contribution in [-0.2, 0) is 6.42 Å². The molecule has 156 valence electrons. The molecule has 0 atom stereocenters. The Morgan fingerprint density at radius 2 is 1.48 bits per heavy atom. The maximum Gasteiger partial charge on any atom is 0.0610 e. The number of anilines is 3. The van der Waals surface area contributed by atoms with Gasteiger partial charge in [0.1, 0.15) is 0 Å². The van der Waals surface area contributed by atoms with Crippen LogP contribution in [0.5, 0.6) is 0 Å². The quantitative estimate of drug-likeness (QED) is 0.265. The molecule has 0 N–H and O–H groups in total. The van der Waals surface area contributed by atoms with Crippen molar-refractivity contribution in [1.29, 1.82) is 0 Å². The van der Waals surface area contributed by atoms with Crippen LogP contribution in [-0.4, -0.2) is 0 Å². The molecule has 33 heavy (non-hydrogen) atoms. The van der Waals surface area contributed by atoms with Gasteiger partial charge in [0.15, 0.2) is 0 Å². The Hall–Kier alpha value is -3.75. The molecule has 0 fully saturated rings. The minimum absolute atomic E-state index is 0.976. The van der Waals surface area contributed by atoms with Crippen molar-refractivity contribution in [3.63, 3.8) is 0 Å². The smallest absolute Gasteiger partial charge is 0.0610 e. The monoisotopic (exact) mass is 439 g/mol. The van der Waals surface area contributed by atoms with Gasteiger partial charge in [-0.1, -0.05) is 96.7 Å². The van der Waals surface area contributed by atoms with Gasteiger partial charge in [-0.25, -0.2) is 0 Å². The lowest BCUT2D eigenvalue weighted by Crippen LogP contribution is -2.16. The number of nitrogens with zero attached hydrogens (tertiary/aromatic N) is 1. The SMILES string of the molecule is C1=Cc2cccc3cc4c(c(c23)C1)Sc1ccc(-c2ccccc2)cc1N4c1ccccc1. The third-order valence-corrected chi connectivity index (χ3v) is 7.85. The molecule has 5 aromatic carbocycles. The van der Waals surface area contributed by atoms with Gasteiger partial charge in [-0.05, 0) is 69.8 Å². The molecule has 0 unspecified atom stereocenters. The molecule has 0 spiro atoms. The number of hydrogen-bond acceptors (Lipinski definition) is 2. The Morgan fingerprint density at radius 3 is 2.33 bits per heavy atom. The van der Waals surface area contributed by atoms with Gasteiger partial charge in [0.25, 0.3) is 0 Å². The average Bonchev–Trinajstić information content (AvgIpc) is 2.89. The first-order chi connectivity index (χ1) is 16.4. The van der Waals surface area contributed by atoms with E-state index in [1.807, 2.05) is 11.8 Å². The van der Waals surface area contributed by atoms with Crippen LogP contribution in [0.2, 0.25) is 0 Å². The zero-order chi connectivity index (χ0) is 21.8. The zero-order valence-electron chi connectivity index (χ0n) is 18.0. The highest BCUT2D eigenvalue weighted by Crippen LogP contribution is 2.55. The zero-order valence-corrected chi connectivity index (χ0v) is 18.8. The first-order valence-corrected chi connectivity index (χ1v) is 12.2. The van der Waals surface area contributed by atoms with Crippen LogP contribution in [0.3, 0.4) is 0 Å². The Balaban J connectivity index is 1.51. The van der Waals surface area contributed by atoms with Crippen LogP contribution in [0.1, 0.15) is 11.1 Å². The van der Waals surface area contributed by atoms with Gasteiger partial charge in [0.05, 0.1) is 11.4 Å². The lowest BCUT2D eigenvalue weighted by atomic mass is 9.92. The molecule has 1 aliphatic heterocycles. The first kappa shape index (κ1) is 18.8. The molecule has 1 heterocycles. The molecule has 0 bridgehead atoms. The molecular weight excluding hydrogens is 418 g/mol. The predicted molar refractivity (Wildman–Crippen MR) is 141 cm³/mol. The summed E-state index contributed by atoms with van der Waals surface area (Å²) in [6.07, 6.45) is 5.55. The summed E-state index contributed by atoms with van der Waals surface area (Å²) in [6.45, 7) is 0. The average molecular weight is 440 g/mol. The lowest BCUT2D eigenvalue weighted by Gasteiger charge is -2.35. The third kappa shape index (κ3) is 2.95. The molecular formula is C31H21NS. The highest BCUT2D eigenvalue weighted by atomic mass is 32.2. The van der Waals surface area contributed by atoms with Crippen LogP contribution in [0, 0.1) is 0 Å². The molecule has 0 amide bonds. The molecule has 1 nitrogen and oxygen atoms in total. The summed E-state index contributed by atoms with van der Waals surface area (Å²) in [5, 5.41) is 2.72. The third-order valence-electron chi connectivity index (χ3n) is 6.62. The van der Waals surface area contributed by atoms with Gasteiger partial charge in [-0.3, -0.25) is 0 Å². The Kier molecular flexibility index (Phi) is 4.21. The molecule has 2 heteroatoms. The normalized spacial score (nSPS) is 13.6. The van der Waals surface area contributed by atoms with Crippen LogP contribution in [0.15, 0.2) is 119 Å². The topological polar surface area (TPSA) is 3.24 Å². The molecule has 0 radical (unpaired) electrons. The van der Waals surface area contributed by atoms with Crippen LogP contribution >= 0.6 is 11.8 Å². The van der Waals surface area contributed by atoms with Gasteiger partial charge in [-0.15, -0.1) is 0 Å². The number of hydrogen-bond donors (Lipinski definition) is 0. The molecule has 7 rings (SSSR count). The second kappa shape index (κ2) is 7.40. The Bertz CT molecular complexity index is 1550. The second-order valence-corrected chi connectivity index (χ2v) is 9.63. The van der Waals surface area contributed by atoms with Gasteiger partial charge in [-0.2, -0.15) is 0 Å². The van der Waals surface area contributed by atoms with E-state index < -0.39 is 0 Å². The molecule has 0 saturated heterocycles. The fourth-order valence-electron chi connectivity index (χ4n) is 5.14. The van der Waals surface area contributed by atoms with Crippen molar-refractivity contribution in [2.45, 2.75) is 16.2 Å². The largest absolute Gasteiger partial charge is 0.308 e. The van der Waals surface area contributed by atoms with Crippen molar-refractivity contribution in [1.82, 2.24) is 0 Å². The van der Waals surface area contributed by atoms with Gasteiger partial charge >= 0.3 is 0 Å². The summed E-state index contributed by atoms with van der Waals surface area (Å²) in [5.41, 5.74) is 8.98. The summed E-state index contributed by atoms with van der Waals surface area (Å²) in [6, 6.07) is 37.4. The van der Waals surface area contributed by atoms with E-state index in [4.69, 9.17) is 0 Å². The van der Waals surface area contributed by atoms with Crippen molar-refractivity contribution >= 4 is 45.7 Å². The van der Waals surface area contributed by atoms with E-state index in [0.29, 0.717) is 0 Å². The van der Waals surface area contributed by atoms with Gasteiger partial charge in [0.2, 0.25) is 0 Å². The van der Waals surface area contributed by atoms with E-state index in [0.717, 1.165) is 6.42 Å². The number of para-hydroxylation sites is 1. The number of fused-ring (bicyclic) bond motifs is 3. The summed E-state index contributed by atoms with van der Waals surface area (Å²) < 4.78 is 0. The number of allylic oxidation sites excluding steroid dienone is 1.